The lowest BCUT2D eigenvalue weighted by molar-refractivity contribution is -0.155. The summed E-state index contributed by atoms with van der Waals surface area (Å²) in [4.78, 5) is 6.25. The summed E-state index contributed by atoms with van der Waals surface area (Å²) in [7, 11) is 0. The lowest BCUT2D eigenvalue weighted by Gasteiger charge is -2.41. The van der Waals surface area contributed by atoms with E-state index < -0.39 is 47.8 Å². The van der Waals surface area contributed by atoms with E-state index in [9.17, 15) is 17.6 Å². The first-order chi connectivity index (χ1) is 17.5. The van der Waals surface area contributed by atoms with Gasteiger partial charge in [0, 0.05) is 60.0 Å². The molecule has 0 aliphatic carbocycles. The third kappa shape index (κ3) is 5.18. The monoisotopic (exact) mass is 525 g/mol. The molecule has 0 bridgehead atoms. The Morgan fingerprint density at radius 1 is 1.05 bits per heavy atom. The third-order valence-electron chi connectivity index (χ3n) is 7.55. The number of benzene rings is 2. The van der Waals surface area contributed by atoms with Gasteiger partial charge in [-0.05, 0) is 43.0 Å². The van der Waals surface area contributed by atoms with E-state index in [0.29, 0.717) is 28.9 Å². The number of hydrogen-bond acceptors (Lipinski definition) is 3. The van der Waals surface area contributed by atoms with Gasteiger partial charge in [-0.3, -0.25) is 9.80 Å². The molecule has 0 spiro atoms. The molecule has 2 atom stereocenters. The summed E-state index contributed by atoms with van der Waals surface area (Å²) in [6, 6.07) is 3.96. The highest BCUT2D eigenvalue weighted by atomic mass is 19.4. The first kappa shape index (κ1) is 25.9. The van der Waals surface area contributed by atoms with Gasteiger partial charge in [-0.2, -0.15) is 13.2 Å². The zero-order valence-corrected chi connectivity index (χ0v) is 20.6. The molecule has 1 aromatic heterocycles. The number of hydrogen-bond donors (Lipinski definition) is 1. The molecule has 4 nitrogen and oxygen atoms in total. The average Bonchev–Trinajstić information content (AvgIpc) is 3.13. The van der Waals surface area contributed by atoms with E-state index in [1.807, 2.05) is 0 Å². The molecule has 0 radical (unpaired) electrons. The van der Waals surface area contributed by atoms with Crippen molar-refractivity contribution in [3.63, 3.8) is 0 Å². The molecule has 3 aromatic rings. The highest BCUT2D eigenvalue weighted by molar-refractivity contribution is 5.85. The maximum absolute atomic E-state index is 15.5. The van der Waals surface area contributed by atoms with Crippen molar-refractivity contribution in [2.24, 2.45) is 5.92 Å². The molecule has 200 valence electrons. The molecule has 0 amide bonds. The number of nitrogens with zero attached hydrogens (tertiary/aromatic N) is 2. The van der Waals surface area contributed by atoms with Gasteiger partial charge in [0.1, 0.15) is 29.8 Å². The zero-order chi connectivity index (χ0) is 26.5. The van der Waals surface area contributed by atoms with Gasteiger partial charge in [0.15, 0.2) is 0 Å². The normalized spacial score (nSPS) is 21.3. The van der Waals surface area contributed by atoms with Crippen molar-refractivity contribution < 1.29 is 31.1 Å². The fourth-order valence-electron chi connectivity index (χ4n) is 5.61. The molecule has 3 heterocycles. The number of likely N-dealkylation sites (tertiary alicyclic amines) is 1. The number of alkyl halides is 3. The second-order valence-electron chi connectivity index (χ2n) is 10.1. The SMILES string of the molecule is CCC1CN(CCOc2cc(F)c([C@H]3c4[nH]c5ccc(F)cc5c4C[C@H](C)N3CC(F)(F)F)c(F)c2)C1. The molecule has 10 heteroatoms. The second kappa shape index (κ2) is 9.87. The van der Waals surface area contributed by atoms with E-state index in [4.69, 9.17) is 4.74 Å². The summed E-state index contributed by atoms with van der Waals surface area (Å²) in [5, 5.41) is 0.496. The molecule has 2 aliphatic rings. The number of rotatable bonds is 7. The predicted octanol–water partition coefficient (Wildman–Crippen LogP) is 6.20. The summed E-state index contributed by atoms with van der Waals surface area (Å²) in [6.45, 7) is 5.15. The summed E-state index contributed by atoms with van der Waals surface area (Å²) in [6.07, 6.45) is -3.32. The van der Waals surface area contributed by atoms with Crippen molar-refractivity contribution >= 4 is 10.9 Å². The number of aromatic nitrogens is 1. The van der Waals surface area contributed by atoms with Crippen LogP contribution >= 0.6 is 0 Å². The lowest BCUT2D eigenvalue weighted by Crippen LogP contribution is -2.47. The molecule has 5 rings (SSSR count). The summed E-state index contributed by atoms with van der Waals surface area (Å²) in [5.41, 5.74) is 0.793. The van der Waals surface area contributed by atoms with Crippen LogP contribution < -0.4 is 4.74 Å². The minimum atomic E-state index is -4.59. The van der Waals surface area contributed by atoms with Crippen LogP contribution in [-0.4, -0.2) is 59.8 Å². The van der Waals surface area contributed by atoms with E-state index in [-0.39, 0.29) is 24.5 Å². The highest BCUT2D eigenvalue weighted by Gasteiger charge is 2.44. The van der Waals surface area contributed by atoms with Crippen LogP contribution in [0.15, 0.2) is 30.3 Å². The number of ether oxygens (including phenoxy) is 1. The Labute approximate surface area is 211 Å². The first-order valence-corrected chi connectivity index (χ1v) is 12.5. The molecular formula is C27H29F6N3O. The molecule has 0 unspecified atom stereocenters. The quantitative estimate of drug-likeness (QED) is 0.373. The number of aromatic amines is 1. The molecule has 1 fully saturated rings. The van der Waals surface area contributed by atoms with Gasteiger partial charge in [0.25, 0.3) is 0 Å². The average molecular weight is 526 g/mol. The Morgan fingerprint density at radius 2 is 1.76 bits per heavy atom. The van der Waals surface area contributed by atoms with Crippen molar-refractivity contribution in [3.05, 3.63) is 64.6 Å². The Morgan fingerprint density at radius 3 is 2.41 bits per heavy atom. The van der Waals surface area contributed by atoms with E-state index in [0.717, 1.165) is 36.5 Å². The van der Waals surface area contributed by atoms with Crippen LogP contribution in [0.25, 0.3) is 10.9 Å². The molecule has 37 heavy (non-hydrogen) atoms. The van der Waals surface area contributed by atoms with Gasteiger partial charge < -0.3 is 9.72 Å². The molecule has 2 aliphatic heterocycles. The number of halogens is 6. The lowest BCUT2D eigenvalue weighted by atomic mass is 9.88. The minimum Gasteiger partial charge on any atom is -0.492 e. The van der Waals surface area contributed by atoms with Crippen molar-refractivity contribution in [3.8, 4) is 5.75 Å². The maximum atomic E-state index is 15.5. The van der Waals surface area contributed by atoms with Gasteiger partial charge in [-0.15, -0.1) is 0 Å². The van der Waals surface area contributed by atoms with E-state index in [1.165, 1.54) is 18.2 Å². The molecule has 1 N–H and O–H groups in total. The second-order valence-corrected chi connectivity index (χ2v) is 10.1. The van der Waals surface area contributed by atoms with Crippen LogP contribution in [-0.2, 0) is 6.42 Å². The summed E-state index contributed by atoms with van der Waals surface area (Å²) in [5.74, 6) is -1.84. The van der Waals surface area contributed by atoms with Gasteiger partial charge in [0.05, 0.1) is 12.6 Å². The van der Waals surface area contributed by atoms with Crippen LogP contribution in [0.4, 0.5) is 26.3 Å². The molecular weight excluding hydrogens is 496 g/mol. The van der Waals surface area contributed by atoms with Crippen LogP contribution in [0, 0.1) is 23.4 Å². The van der Waals surface area contributed by atoms with Crippen LogP contribution in [0.3, 0.4) is 0 Å². The van der Waals surface area contributed by atoms with E-state index >= 15 is 8.78 Å². The van der Waals surface area contributed by atoms with Crippen molar-refractivity contribution in [1.82, 2.24) is 14.8 Å². The summed E-state index contributed by atoms with van der Waals surface area (Å²) >= 11 is 0. The fraction of sp³-hybridized carbons (Fsp3) is 0.481. The van der Waals surface area contributed by atoms with E-state index in [2.05, 4.69) is 16.8 Å². The van der Waals surface area contributed by atoms with Crippen molar-refractivity contribution in [1.29, 1.82) is 0 Å². The topological polar surface area (TPSA) is 31.5 Å². The Hall–Kier alpha value is -2.72. The van der Waals surface area contributed by atoms with Crippen molar-refractivity contribution in [2.75, 3.05) is 32.8 Å². The molecule has 2 aromatic carbocycles. The number of nitrogens with one attached hydrogen (secondary N) is 1. The third-order valence-corrected chi connectivity index (χ3v) is 7.55. The fourth-order valence-corrected chi connectivity index (χ4v) is 5.61. The van der Waals surface area contributed by atoms with Crippen molar-refractivity contribution in [2.45, 2.75) is 44.9 Å². The Balaban J connectivity index is 1.48. The number of fused-ring (bicyclic) bond motifs is 3. The van der Waals surface area contributed by atoms with Gasteiger partial charge in [0.2, 0.25) is 0 Å². The highest BCUT2D eigenvalue weighted by Crippen LogP contribution is 2.44. The predicted molar refractivity (Wildman–Crippen MR) is 128 cm³/mol. The molecule has 0 saturated carbocycles. The molecule has 1 saturated heterocycles. The summed E-state index contributed by atoms with van der Waals surface area (Å²) < 4.78 is 91.3. The smallest absolute Gasteiger partial charge is 0.401 e. The zero-order valence-electron chi connectivity index (χ0n) is 20.6. The largest absolute Gasteiger partial charge is 0.492 e. The van der Waals surface area contributed by atoms with Gasteiger partial charge in [-0.1, -0.05) is 13.3 Å². The maximum Gasteiger partial charge on any atom is 0.401 e. The van der Waals surface area contributed by atoms with Crippen LogP contribution in [0.5, 0.6) is 5.75 Å². The number of H-pyrrole nitrogens is 1. The van der Waals surface area contributed by atoms with E-state index in [1.54, 1.807) is 6.92 Å². The van der Waals surface area contributed by atoms with Gasteiger partial charge in [-0.25, -0.2) is 13.2 Å². The van der Waals surface area contributed by atoms with Crippen LogP contribution in [0.2, 0.25) is 0 Å². The minimum absolute atomic E-state index is 0.0171. The van der Waals surface area contributed by atoms with Gasteiger partial charge >= 0.3 is 6.18 Å². The standard InChI is InChI=1S/C27H29F6N3O/c1-3-16-12-35(13-16)6-7-37-18-10-21(29)24(22(30)11-18)26-25-20(8-15(2)36(26)14-27(31,32)33)19-9-17(28)4-5-23(19)34-25/h4-5,9-11,15-16,26,34H,3,6-8,12-14H2,1-2H3/t15-,26-/m0/s1. The van der Waals surface area contributed by atoms with Crippen LogP contribution in [0.1, 0.15) is 43.1 Å². The Bertz CT molecular complexity index is 1260. The first-order valence-electron chi connectivity index (χ1n) is 12.5. The Kier molecular flexibility index (Phi) is 6.91.